The van der Waals surface area contributed by atoms with Crippen molar-refractivity contribution >= 4 is 23.4 Å². The van der Waals surface area contributed by atoms with Gasteiger partial charge in [0.25, 0.3) is 0 Å². The van der Waals surface area contributed by atoms with E-state index in [0.29, 0.717) is 5.16 Å². The van der Waals surface area contributed by atoms with Gasteiger partial charge in [-0.1, -0.05) is 29.5 Å². The van der Waals surface area contributed by atoms with Gasteiger partial charge >= 0.3 is 0 Å². The summed E-state index contributed by atoms with van der Waals surface area (Å²) in [6.45, 7) is 7.89. The van der Waals surface area contributed by atoms with Crippen LogP contribution in [-0.2, 0) is 11.8 Å². The molecule has 7 heteroatoms. The molecular weight excluding hydrogens is 286 g/mol. The summed E-state index contributed by atoms with van der Waals surface area (Å²) in [4.78, 5) is 12.3. The lowest BCUT2D eigenvalue weighted by Crippen LogP contribution is -2.23. The average molecular weight is 305 g/mol. The number of carbonyl (C=O) groups excluding carboxylic acids is 1. The lowest BCUT2D eigenvalue weighted by molar-refractivity contribution is -0.115. The van der Waals surface area contributed by atoms with Crippen molar-refractivity contribution in [2.24, 2.45) is 7.05 Å². The maximum Gasteiger partial charge on any atom is 0.237 e. The molecule has 0 aliphatic rings. The van der Waals surface area contributed by atoms with E-state index >= 15 is 0 Å². The number of nitrogens with one attached hydrogen (secondary N) is 1. The van der Waals surface area contributed by atoms with Crippen molar-refractivity contribution in [3.05, 3.63) is 28.8 Å². The molecule has 0 saturated carbocycles. The van der Waals surface area contributed by atoms with Crippen molar-refractivity contribution in [2.75, 3.05) is 5.32 Å². The number of rotatable bonds is 4. The Bertz CT molecular complexity index is 644. The van der Waals surface area contributed by atoms with E-state index in [0.717, 1.165) is 16.8 Å². The predicted octanol–water partition coefficient (Wildman–Crippen LogP) is 2.25. The summed E-state index contributed by atoms with van der Waals surface area (Å²) >= 11 is 1.33. The number of amides is 1. The molecule has 2 rings (SSSR count). The topological polar surface area (TPSA) is 72.7 Å². The molecule has 0 unspecified atom stereocenters. The fourth-order valence-electron chi connectivity index (χ4n) is 2.13. The second kappa shape index (κ2) is 6.26. The molecule has 1 atom stereocenters. The predicted molar refractivity (Wildman–Crippen MR) is 83.4 cm³/mol. The van der Waals surface area contributed by atoms with Gasteiger partial charge < -0.3 is 5.32 Å². The molecule has 1 amide bonds. The van der Waals surface area contributed by atoms with Crippen LogP contribution in [-0.4, -0.2) is 31.4 Å². The molecule has 1 N–H and O–H groups in total. The van der Waals surface area contributed by atoms with E-state index < -0.39 is 0 Å². The zero-order valence-electron chi connectivity index (χ0n) is 12.8. The van der Waals surface area contributed by atoms with E-state index in [2.05, 4.69) is 33.0 Å². The van der Waals surface area contributed by atoms with Crippen LogP contribution in [0.1, 0.15) is 23.6 Å². The van der Waals surface area contributed by atoms with Crippen LogP contribution in [0.3, 0.4) is 0 Å². The first-order valence-corrected chi connectivity index (χ1v) is 7.54. The highest BCUT2D eigenvalue weighted by Crippen LogP contribution is 2.25. The van der Waals surface area contributed by atoms with Crippen molar-refractivity contribution in [1.29, 1.82) is 0 Å². The summed E-state index contributed by atoms with van der Waals surface area (Å²) in [6.07, 6.45) is 0. The lowest BCUT2D eigenvalue weighted by atomic mass is 10.1. The number of hydrogen-bond acceptors (Lipinski definition) is 5. The van der Waals surface area contributed by atoms with Crippen LogP contribution in [0, 0.1) is 20.8 Å². The van der Waals surface area contributed by atoms with Crippen LogP contribution in [0.15, 0.2) is 17.3 Å². The normalized spacial score (nSPS) is 12.2. The van der Waals surface area contributed by atoms with Gasteiger partial charge in [0.2, 0.25) is 11.1 Å². The monoisotopic (exact) mass is 305 g/mol. The van der Waals surface area contributed by atoms with Crippen molar-refractivity contribution in [3.8, 4) is 0 Å². The van der Waals surface area contributed by atoms with Gasteiger partial charge in [0.1, 0.15) is 0 Å². The maximum atomic E-state index is 12.3. The summed E-state index contributed by atoms with van der Waals surface area (Å²) in [5, 5.41) is 14.5. The molecule has 0 spiro atoms. The van der Waals surface area contributed by atoms with Crippen molar-refractivity contribution in [2.45, 2.75) is 38.1 Å². The second-order valence-electron chi connectivity index (χ2n) is 5.11. The molecule has 0 saturated heterocycles. The minimum atomic E-state index is -0.283. The molecule has 1 aromatic carbocycles. The van der Waals surface area contributed by atoms with Crippen LogP contribution >= 0.6 is 11.8 Å². The fourth-order valence-corrected chi connectivity index (χ4v) is 2.89. The van der Waals surface area contributed by atoms with Gasteiger partial charge in [-0.2, -0.15) is 0 Å². The van der Waals surface area contributed by atoms with E-state index in [1.165, 1.54) is 17.3 Å². The Kier molecular flexibility index (Phi) is 4.62. The first-order valence-electron chi connectivity index (χ1n) is 6.66. The van der Waals surface area contributed by atoms with Crippen molar-refractivity contribution < 1.29 is 4.79 Å². The Hall–Kier alpha value is -1.89. The Labute approximate surface area is 128 Å². The third-order valence-corrected chi connectivity index (χ3v) is 4.28. The van der Waals surface area contributed by atoms with Crippen molar-refractivity contribution in [3.63, 3.8) is 0 Å². The summed E-state index contributed by atoms with van der Waals surface area (Å²) in [6, 6.07) is 4.13. The summed E-state index contributed by atoms with van der Waals surface area (Å²) in [5.41, 5.74) is 4.21. The van der Waals surface area contributed by atoms with E-state index in [9.17, 15) is 4.79 Å². The molecule has 0 bridgehead atoms. The maximum absolute atomic E-state index is 12.3. The molecule has 2 aromatic rings. The van der Waals surface area contributed by atoms with Gasteiger partial charge in [0, 0.05) is 12.7 Å². The summed E-state index contributed by atoms with van der Waals surface area (Å²) in [7, 11) is 1.75. The highest BCUT2D eigenvalue weighted by molar-refractivity contribution is 8.00. The van der Waals surface area contributed by atoms with Crippen LogP contribution in [0.5, 0.6) is 0 Å². The number of anilines is 1. The number of aromatic nitrogens is 4. The van der Waals surface area contributed by atoms with Crippen LogP contribution in [0.2, 0.25) is 0 Å². The summed E-state index contributed by atoms with van der Waals surface area (Å²) < 4.78 is 1.55. The largest absolute Gasteiger partial charge is 0.325 e. The molecular formula is C14H19N5OS. The first kappa shape index (κ1) is 15.5. The number of hydrogen-bond donors (Lipinski definition) is 1. The SMILES string of the molecule is Cc1cc(C)c(NC(=O)[C@H](C)Sc2nnnn2C)c(C)c1. The second-order valence-corrected chi connectivity index (χ2v) is 6.42. The minimum absolute atomic E-state index is 0.0574. The smallest absolute Gasteiger partial charge is 0.237 e. The molecule has 0 aliphatic carbocycles. The number of aryl methyl sites for hydroxylation is 4. The third kappa shape index (κ3) is 3.60. The first-order chi connectivity index (χ1) is 9.88. The Morgan fingerprint density at radius 2 is 1.90 bits per heavy atom. The van der Waals surface area contributed by atoms with Gasteiger partial charge in [0.15, 0.2) is 0 Å². The standard InChI is InChI=1S/C14H19N5OS/c1-8-6-9(2)12(10(3)7-8)15-13(20)11(4)21-14-16-17-18-19(14)5/h6-7,11H,1-5H3,(H,15,20)/t11-/m0/s1. The molecule has 21 heavy (non-hydrogen) atoms. The lowest BCUT2D eigenvalue weighted by Gasteiger charge is -2.15. The molecule has 1 heterocycles. The van der Waals surface area contributed by atoms with Gasteiger partial charge in [-0.3, -0.25) is 4.79 Å². The average Bonchev–Trinajstić information content (AvgIpc) is 2.79. The number of carbonyl (C=O) groups is 1. The highest BCUT2D eigenvalue weighted by Gasteiger charge is 2.19. The third-order valence-electron chi connectivity index (χ3n) is 3.16. The van der Waals surface area contributed by atoms with Crippen LogP contribution in [0.4, 0.5) is 5.69 Å². The van der Waals surface area contributed by atoms with E-state index in [1.54, 1.807) is 11.7 Å². The number of tetrazole rings is 1. The molecule has 0 fully saturated rings. The number of nitrogens with zero attached hydrogens (tertiary/aromatic N) is 4. The Morgan fingerprint density at radius 1 is 1.29 bits per heavy atom. The molecule has 0 aliphatic heterocycles. The van der Waals surface area contributed by atoms with E-state index in [-0.39, 0.29) is 11.2 Å². The van der Waals surface area contributed by atoms with Crippen LogP contribution < -0.4 is 5.32 Å². The number of thioether (sulfide) groups is 1. The molecule has 6 nitrogen and oxygen atoms in total. The van der Waals surface area contributed by atoms with Gasteiger partial charge in [-0.15, -0.1) is 5.10 Å². The number of benzene rings is 1. The zero-order chi connectivity index (χ0) is 15.6. The van der Waals surface area contributed by atoms with E-state index in [1.807, 2.05) is 27.7 Å². The molecule has 0 radical (unpaired) electrons. The quantitative estimate of drug-likeness (QED) is 0.877. The van der Waals surface area contributed by atoms with E-state index in [4.69, 9.17) is 0 Å². The van der Waals surface area contributed by atoms with Gasteiger partial charge in [-0.25, -0.2) is 4.68 Å². The van der Waals surface area contributed by atoms with Crippen molar-refractivity contribution in [1.82, 2.24) is 20.2 Å². The zero-order valence-corrected chi connectivity index (χ0v) is 13.7. The molecule has 112 valence electrons. The Morgan fingerprint density at radius 3 is 2.43 bits per heavy atom. The highest BCUT2D eigenvalue weighted by atomic mass is 32.2. The van der Waals surface area contributed by atoms with Gasteiger partial charge in [-0.05, 0) is 49.2 Å². The van der Waals surface area contributed by atoms with Crippen LogP contribution in [0.25, 0.3) is 0 Å². The summed E-state index contributed by atoms with van der Waals surface area (Å²) in [5.74, 6) is -0.0574. The molecule has 1 aromatic heterocycles. The minimum Gasteiger partial charge on any atom is -0.325 e. The fraction of sp³-hybridized carbons (Fsp3) is 0.429. The Balaban J connectivity index is 2.09. The van der Waals surface area contributed by atoms with Gasteiger partial charge in [0.05, 0.1) is 5.25 Å².